The van der Waals surface area contributed by atoms with Gasteiger partial charge in [0.1, 0.15) is 11.0 Å². The average molecular weight is 458 g/mol. The van der Waals surface area contributed by atoms with Gasteiger partial charge in [0, 0.05) is 31.6 Å². The summed E-state index contributed by atoms with van der Waals surface area (Å²) in [4.78, 5) is 4.87. The summed E-state index contributed by atoms with van der Waals surface area (Å²) in [7, 11) is 0. The standard InChI is InChI=1S/C31H23NOS/c1-3-10-24-25-12-9-11-23(31(25)33-28(24)4-2)21-17-19-22(20-18-21)32-26-13-5-7-15-29(26)34-30-16-8-6-14-27(30)32/h3-20H,1H2,2H3/b24-10-,28-4+. The molecule has 4 aromatic carbocycles. The number of hydrogen-bond acceptors (Lipinski definition) is 3. The molecule has 2 nitrogen and oxygen atoms in total. The fraction of sp³-hybridized carbons (Fsp3) is 0.0323. The van der Waals surface area contributed by atoms with Crippen LogP contribution in [0.4, 0.5) is 17.1 Å². The first-order valence-corrected chi connectivity index (χ1v) is 12.2. The first-order valence-electron chi connectivity index (χ1n) is 11.4. The summed E-state index contributed by atoms with van der Waals surface area (Å²) in [6, 6.07) is 32.3. The van der Waals surface area contributed by atoms with Crippen molar-refractivity contribution in [2.45, 2.75) is 16.7 Å². The lowest BCUT2D eigenvalue weighted by atomic mass is 10.0. The van der Waals surface area contributed by atoms with Crippen LogP contribution in [0, 0.1) is 0 Å². The van der Waals surface area contributed by atoms with Crippen LogP contribution in [0.5, 0.6) is 0 Å². The normalized spacial score (nSPS) is 13.7. The zero-order chi connectivity index (χ0) is 23.1. The Labute approximate surface area is 203 Å². The molecular formula is C31H23NOS. The van der Waals surface area contributed by atoms with Gasteiger partial charge in [-0.2, -0.15) is 0 Å². The van der Waals surface area contributed by atoms with Crippen LogP contribution in [0.25, 0.3) is 34.2 Å². The molecule has 0 N–H and O–H groups in total. The maximum atomic E-state index is 6.28. The minimum absolute atomic E-state index is 0.873. The average Bonchev–Trinajstić information content (AvgIpc) is 3.25. The lowest BCUT2D eigenvalue weighted by Crippen LogP contribution is -2.18. The van der Waals surface area contributed by atoms with Gasteiger partial charge >= 0.3 is 0 Å². The number of anilines is 3. The van der Waals surface area contributed by atoms with E-state index in [-0.39, 0.29) is 0 Å². The molecule has 6 rings (SSSR count). The first kappa shape index (κ1) is 20.6. The van der Waals surface area contributed by atoms with E-state index in [1.165, 1.54) is 21.2 Å². The SMILES string of the molecule is C=C/C=c1\c(=C/C)oc2c(-c3ccc(N4c5ccccc5Sc5ccccc54)cc3)cccc12. The molecular weight excluding hydrogens is 434 g/mol. The van der Waals surface area contributed by atoms with E-state index in [2.05, 4.69) is 102 Å². The summed E-state index contributed by atoms with van der Waals surface area (Å²) < 4.78 is 6.28. The lowest BCUT2D eigenvalue weighted by molar-refractivity contribution is 0.576. The molecule has 0 radical (unpaired) electrons. The van der Waals surface area contributed by atoms with E-state index in [4.69, 9.17) is 4.42 Å². The van der Waals surface area contributed by atoms with Crippen LogP contribution in [0.15, 0.2) is 118 Å². The molecule has 1 aliphatic heterocycles. The number of allylic oxidation sites excluding steroid dienone is 1. The summed E-state index contributed by atoms with van der Waals surface area (Å²) in [5.74, 6) is 0. The van der Waals surface area contributed by atoms with Gasteiger partial charge in [0.15, 0.2) is 0 Å². The summed E-state index contributed by atoms with van der Waals surface area (Å²) in [6.07, 6.45) is 5.83. The number of para-hydroxylation sites is 3. The third-order valence-electron chi connectivity index (χ3n) is 6.20. The molecule has 0 saturated heterocycles. The number of furan rings is 1. The minimum atomic E-state index is 0.873. The third-order valence-corrected chi connectivity index (χ3v) is 7.33. The van der Waals surface area contributed by atoms with Gasteiger partial charge in [0.2, 0.25) is 0 Å². The van der Waals surface area contributed by atoms with Crippen molar-refractivity contribution < 1.29 is 4.42 Å². The second kappa shape index (κ2) is 8.44. The van der Waals surface area contributed by atoms with Crippen molar-refractivity contribution in [2.24, 2.45) is 0 Å². The second-order valence-electron chi connectivity index (χ2n) is 8.17. The molecule has 0 amide bonds. The molecule has 0 spiro atoms. The van der Waals surface area contributed by atoms with Gasteiger partial charge in [0.05, 0.1) is 11.4 Å². The molecule has 2 heterocycles. The Morgan fingerprint density at radius 1 is 0.794 bits per heavy atom. The molecule has 0 bridgehead atoms. The first-order chi connectivity index (χ1) is 16.8. The predicted octanol–water partition coefficient (Wildman–Crippen LogP) is 7.80. The zero-order valence-corrected chi connectivity index (χ0v) is 19.7. The Bertz CT molecular complexity index is 1620. The van der Waals surface area contributed by atoms with Crippen molar-refractivity contribution in [1.82, 2.24) is 0 Å². The highest BCUT2D eigenvalue weighted by molar-refractivity contribution is 7.99. The van der Waals surface area contributed by atoms with Gasteiger partial charge in [-0.25, -0.2) is 0 Å². The van der Waals surface area contributed by atoms with Gasteiger partial charge in [-0.05, 0) is 55.0 Å². The summed E-state index contributed by atoms with van der Waals surface area (Å²) in [5, 5.41) is 2.18. The van der Waals surface area contributed by atoms with Crippen molar-refractivity contribution in [1.29, 1.82) is 0 Å². The largest absolute Gasteiger partial charge is 0.456 e. The van der Waals surface area contributed by atoms with Crippen LogP contribution in [-0.2, 0) is 0 Å². The molecule has 0 atom stereocenters. The summed E-state index contributed by atoms with van der Waals surface area (Å²) >= 11 is 1.83. The maximum absolute atomic E-state index is 6.28. The highest BCUT2D eigenvalue weighted by Crippen LogP contribution is 2.51. The Kier molecular flexibility index (Phi) is 5.12. The second-order valence-corrected chi connectivity index (χ2v) is 9.26. The van der Waals surface area contributed by atoms with Gasteiger partial charge in [-0.1, -0.05) is 85.1 Å². The molecule has 0 fully saturated rings. The maximum Gasteiger partial charge on any atom is 0.143 e. The van der Waals surface area contributed by atoms with E-state index in [9.17, 15) is 0 Å². The topological polar surface area (TPSA) is 16.4 Å². The number of benzene rings is 4. The lowest BCUT2D eigenvalue weighted by Gasteiger charge is -2.32. The van der Waals surface area contributed by atoms with Crippen LogP contribution in [0.2, 0.25) is 0 Å². The molecule has 34 heavy (non-hydrogen) atoms. The minimum Gasteiger partial charge on any atom is -0.456 e. The molecule has 0 aliphatic carbocycles. The van der Waals surface area contributed by atoms with E-state index in [1.807, 2.05) is 36.9 Å². The summed E-state index contributed by atoms with van der Waals surface area (Å²) in [6.45, 7) is 5.87. The Morgan fingerprint density at radius 3 is 2.12 bits per heavy atom. The van der Waals surface area contributed by atoms with Crippen LogP contribution in [-0.4, -0.2) is 0 Å². The van der Waals surface area contributed by atoms with E-state index in [0.717, 1.165) is 38.4 Å². The van der Waals surface area contributed by atoms with Gasteiger partial charge in [-0.15, -0.1) is 0 Å². The van der Waals surface area contributed by atoms with Crippen LogP contribution < -0.4 is 15.5 Å². The van der Waals surface area contributed by atoms with Gasteiger partial charge in [-0.3, -0.25) is 0 Å². The molecule has 5 aromatic rings. The Balaban J connectivity index is 1.48. The van der Waals surface area contributed by atoms with Gasteiger partial charge in [0.25, 0.3) is 0 Å². The fourth-order valence-electron chi connectivity index (χ4n) is 4.66. The third kappa shape index (κ3) is 3.28. The van der Waals surface area contributed by atoms with Crippen LogP contribution >= 0.6 is 11.8 Å². The molecule has 1 aliphatic rings. The number of hydrogen-bond donors (Lipinski definition) is 0. The quantitative estimate of drug-likeness (QED) is 0.270. The van der Waals surface area contributed by atoms with Crippen molar-refractivity contribution >= 4 is 51.9 Å². The highest BCUT2D eigenvalue weighted by atomic mass is 32.2. The van der Waals surface area contributed by atoms with E-state index in [1.54, 1.807) is 0 Å². The van der Waals surface area contributed by atoms with E-state index in [0.29, 0.717) is 0 Å². The Hall–Kier alpha value is -3.95. The van der Waals surface area contributed by atoms with Crippen molar-refractivity contribution in [2.75, 3.05) is 4.90 Å². The zero-order valence-electron chi connectivity index (χ0n) is 18.9. The van der Waals surface area contributed by atoms with Crippen LogP contribution in [0.1, 0.15) is 6.92 Å². The summed E-state index contributed by atoms with van der Waals surface area (Å²) in [5.41, 5.74) is 7.55. The van der Waals surface area contributed by atoms with Gasteiger partial charge < -0.3 is 9.32 Å². The van der Waals surface area contributed by atoms with Crippen LogP contribution in [0.3, 0.4) is 0 Å². The number of fused-ring (bicyclic) bond motifs is 3. The molecule has 164 valence electrons. The predicted molar refractivity (Wildman–Crippen MR) is 145 cm³/mol. The number of rotatable bonds is 3. The number of nitrogens with zero attached hydrogens (tertiary/aromatic N) is 1. The van der Waals surface area contributed by atoms with E-state index < -0.39 is 0 Å². The molecule has 3 heteroatoms. The smallest absolute Gasteiger partial charge is 0.143 e. The molecule has 0 saturated carbocycles. The monoisotopic (exact) mass is 457 g/mol. The Morgan fingerprint density at radius 2 is 1.47 bits per heavy atom. The van der Waals surface area contributed by atoms with Crippen molar-refractivity contribution in [3.8, 4) is 11.1 Å². The van der Waals surface area contributed by atoms with Crippen molar-refractivity contribution in [3.63, 3.8) is 0 Å². The van der Waals surface area contributed by atoms with Crippen molar-refractivity contribution in [3.05, 3.63) is 114 Å². The highest BCUT2D eigenvalue weighted by Gasteiger charge is 2.24. The fourth-order valence-corrected chi connectivity index (χ4v) is 5.72. The molecule has 0 unspecified atom stereocenters. The van der Waals surface area contributed by atoms with E-state index >= 15 is 0 Å². The molecule has 1 aromatic heterocycles.